The van der Waals surface area contributed by atoms with E-state index < -0.39 is 0 Å². The van der Waals surface area contributed by atoms with Crippen molar-refractivity contribution in [1.29, 1.82) is 5.26 Å². The Bertz CT molecular complexity index is 468. The van der Waals surface area contributed by atoms with Crippen LogP contribution in [-0.2, 0) is 11.3 Å². The molecule has 1 aromatic carbocycles. The van der Waals surface area contributed by atoms with Gasteiger partial charge >= 0.3 is 0 Å². The fraction of sp³-hybridized carbons (Fsp3) is 0.533. The van der Waals surface area contributed by atoms with Crippen LogP contribution in [0.2, 0.25) is 0 Å². The second kappa shape index (κ2) is 6.55. The zero-order valence-corrected chi connectivity index (χ0v) is 11.6. The monoisotopic (exact) mass is 260 g/mol. The summed E-state index contributed by atoms with van der Waals surface area (Å²) in [5.74, 6) is 0.639. The minimum atomic E-state index is 0.336. The van der Waals surface area contributed by atoms with E-state index in [9.17, 15) is 0 Å². The van der Waals surface area contributed by atoms with E-state index in [2.05, 4.69) is 17.9 Å². The van der Waals surface area contributed by atoms with Crippen molar-refractivity contribution >= 4 is 0 Å². The molecule has 1 aliphatic heterocycles. The van der Waals surface area contributed by atoms with Gasteiger partial charge in [0.05, 0.1) is 25.4 Å². The van der Waals surface area contributed by atoms with Crippen LogP contribution < -0.4 is 4.74 Å². The highest BCUT2D eigenvalue weighted by Crippen LogP contribution is 2.20. The molecule has 102 valence electrons. The fourth-order valence-electron chi connectivity index (χ4n) is 2.37. The normalized spacial score (nSPS) is 19.9. The summed E-state index contributed by atoms with van der Waals surface area (Å²) < 4.78 is 10.8. The van der Waals surface area contributed by atoms with E-state index in [4.69, 9.17) is 14.7 Å². The number of nitrogens with zero attached hydrogens (tertiary/aromatic N) is 2. The van der Waals surface area contributed by atoms with Crippen LogP contribution in [0.1, 0.15) is 24.5 Å². The van der Waals surface area contributed by atoms with Gasteiger partial charge < -0.3 is 9.47 Å². The SMILES string of the molecule is CCC1CN(Cc2ccc(OC)c(C#N)c2)CCO1. The first-order valence-electron chi connectivity index (χ1n) is 6.67. The van der Waals surface area contributed by atoms with E-state index in [1.807, 2.05) is 18.2 Å². The summed E-state index contributed by atoms with van der Waals surface area (Å²) in [5.41, 5.74) is 1.74. The third-order valence-corrected chi connectivity index (χ3v) is 3.47. The van der Waals surface area contributed by atoms with Crippen molar-refractivity contribution in [3.63, 3.8) is 0 Å². The Morgan fingerprint density at radius 3 is 3.05 bits per heavy atom. The molecule has 1 fully saturated rings. The minimum Gasteiger partial charge on any atom is -0.495 e. The summed E-state index contributed by atoms with van der Waals surface area (Å²) >= 11 is 0. The molecule has 1 unspecified atom stereocenters. The maximum atomic E-state index is 9.10. The van der Waals surface area contributed by atoms with Gasteiger partial charge in [-0.15, -0.1) is 0 Å². The Kier molecular flexibility index (Phi) is 4.78. The predicted octanol–water partition coefficient (Wildman–Crippen LogP) is 2.18. The highest BCUT2D eigenvalue weighted by molar-refractivity contribution is 5.45. The van der Waals surface area contributed by atoms with E-state index in [1.54, 1.807) is 7.11 Å². The lowest BCUT2D eigenvalue weighted by Crippen LogP contribution is -2.41. The Morgan fingerprint density at radius 1 is 1.53 bits per heavy atom. The van der Waals surface area contributed by atoms with Crippen LogP contribution >= 0.6 is 0 Å². The molecule has 1 saturated heterocycles. The number of methoxy groups -OCH3 is 1. The molecule has 19 heavy (non-hydrogen) atoms. The molecule has 0 aromatic heterocycles. The molecule has 1 aliphatic rings. The maximum absolute atomic E-state index is 9.10. The number of benzene rings is 1. The second-order valence-corrected chi connectivity index (χ2v) is 4.78. The highest BCUT2D eigenvalue weighted by Gasteiger charge is 2.19. The van der Waals surface area contributed by atoms with Crippen LogP contribution in [0.25, 0.3) is 0 Å². The molecule has 0 aliphatic carbocycles. The van der Waals surface area contributed by atoms with E-state index in [1.165, 1.54) is 0 Å². The Labute approximate surface area is 114 Å². The van der Waals surface area contributed by atoms with Crippen LogP contribution in [0.3, 0.4) is 0 Å². The van der Waals surface area contributed by atoms with Gasteiger partial charge in [-0.25, -0.2) is 0 Å². The average molecular weight is 260 g/mol. The Balaban J connectivity index is 2.05. The van der Waals surface area contributed by atoms with E-state index in [-0.39, 0.29) is 0 Å². The van der Waals surface area contributed by atoms with E-state index >= 15 is 0 Å². The fourth-order valence-corrected chi connectivity index (χ4v) is 2.37. The zero-order valence-electron chi connectivity index (χ0n) is 11.6. The van der Waals surface area contributed by atoms with Gasteiger partial charge in [-0.1, -0.05) is 13.0 Å². The Hall–Kier alpha value is -1.57. The topological polar surface area (TPSA) is 45.5 Å². The molecule has 1 aromatic rings. The van der Waals surface area contributed by atoms with Gasteiger partial charge in [0.1, 0.15) is 11.8 Å². The molecular formula is C15H20N2O2. The number of rotatable bonds is 4. The summed E-state index contributed by atoms with van der Waals surface area (Å²) in [6.45, 7) is 5.71. The second-order valence-electron chi connectivity index (χ2n) is 4.78. The van der Waals surface area contributed by atoms with E-state index in [0.717, 1.165) is 38.2 Å². The van der Waals surface area contributed by atoms with E-state index in [0.29, 0.717) is 17.4 Å². The van der Waals surface area contributed by atoms with Gasteiger partial charge in [0.2, 0.25) is 0 Å². The van der Waals surface area contributed by atoms with Crippen molar-refractivity contribution in [3.05, 3.63) is 29.3 Å². The lowest BCUT2D eigenvalue weighted by atomic mass is 10.1. The molecule has 0 bridgehead atoms. The minimum absolute atomic E-state index is 0.336. The average Bonchev–Trinajstić information content (AvgIpc) is 2.47. The summed E-state index contributed by atoms with van der Waals surface area (Å²) in [4.78, 5) is 2.38. The number of hydrogen-bond donors (Lipinski definition) is 0. The van der Waals surface area contributed by atoms with Crippen LogP contribution in [-0.4, -0.2) is 37.8 Å². The molecular weight excluding hydrogens is 240 g/mol. The van der Waals surface area contributed by atoms with Gasteiger partial charge in [-0.2, -0.15) is 5.26 Å². The lowest BCUT2D eigenvalue weighted by molar-refractivity contribution is -0.0324. The quantitative estimate of drug-likeness (QED) is 0.832. The molecule has 0 N–H and O–H groups in total. The highest BCUT2D eigenvalue weighted by atomic mass is 16.5. The van der Waals surface area contributed by atoms with Crippen molar-refractivity contribution in [2.24, 2.45) is 0 Å². The summed E-state index contributed by atoms with van der Waals surface area (Å²) in [6, 6.07) is 7.98. The van der Waals surface area contributed by atoms with Crippen molar-refractivity contribution in [3.8, 4) is 11.8 Å². The molecule has 0 amide bonds. The zero-order chi connectivity index (χ0) is 13.7. The van der Waals surface area contributed by atoms with Crippen LogP contribution in [0.15, 0.2) is 18.2 Å². The number of nitriles is 1. The van der Waals surface area contributed by atoms with Gasteiger partial charge in [0, 0.05) is 19.6 Å². The van der Waals surface area contributed by atoms with Gasteiger partial charge in [0.25, 0.3) is 0 Å². The first-order valence-corrected chi connectivity index (χ1v) is 6.67. The number of morpholine rings is 1. The largest absolute Gasteiger partial charge is 0.495 e. The summed E-state index contributed by atoms with van der Waals surface area (Å²) in [5, 5.41) is 9.10. The maximum Gasteiger partial charge on any atom is 0.136 e. The number of hydrogen-bond acceptors (Lipinski definition) is 4. The molecule has 0 radical (unpaired) electrons. The predicted molar refractivity (Wildman–Crippen MR) is 73.0 cm³/mol. The van der Waals surface area contributed by atoms with Gasteiger partial charge in [0.15, 0.2) is 0 Å². The molecule has 0 spiro atoms. The molecule has 1 atom stereocenters. The van der Waals surface area contributed by atoms with Crippen LogP contribution in [0.4, 0.5) is 0 Å². The van der Waals surface area contributed by atoms with Crippen molar-refractivity contribution in [2.45, 2.75) is 26.0 Å². The molecule has 4 nitrogen and oxygen atoms in total. The lowest BCUT2D eigenvalue weighted by Gasteiger charge is -2.32. The standard InChI is InChI=1S/C15H20N2O2/c1-3-14-11-17(6-7-19-14)10-12-4-5-15(18-2)13(8-12)9-16/h4-5,8,14H,3,6-7,10-11H2,1-2H3. The van der Waals surface area contributed by atoms with Gasteiger partial charge in [-0.3, -0.25) is 4.90 Å². The van der Waals surface area contributed by atoms with Crippen LogP contribution in [0, 0.1) is 11.3 Å². The Morgan fingerprint density at radius 2 is 2.37 bits per heavy atom. The molecule has 4 heteroatoms. The first kappa shape index (κ1) is 13.9. The van der Waals surface area contributed by atoms with Crippen molar-refractivity contribution in [2.75, 3.05) is 26.8 Å². The molecule has 0 saturated carbocycles. The van der Waals surface area contributed by atoms with Crippen molar-refractivity contribution in [1.82, 2.24) is 4.90 Å². The smallest absolute Gasteiger partial charge is 0.136 e. The first-order chi connectivity index (χ1) is 9.26. The van der Waals surface area contributed by atoms with Gasteiger partial charge in [-0.05, 0) is 24.1 Å². The summed E-state index contributed by atoms with van der Waals surface area (Å²) in [7, 11) is 1.59. The van der Waals surface area contributed by atoms with Crippen molar-refractivity contribution < 1.29 is 9.47 Å². The third kappa shape index (κ3) is 3.46. The summed E-state index contributed by atoms with van der Waals surface area (Å²) in [6.07, 6.45) is 1.38. The molecule has 2 rings (SSSR count). The van der Waals surface area contributed by atoms with Crippen LogP contribution in [0.5, 0.6) is 5.75 Å². The third-order valence-electron chi connectivity index (χ3n) is 3.47. The molecule has 1 heterocycles. The number of ether oxygens (including phenoxy) is 2.